The van der Waals surface area contributed by atoms with Crippen LogP contribution in [0, 0.1) is 5.82 Å². The minimum absolute atomic E-state index is 0.250. The van der Waals surface area contributed by atoms with Crippen LogP contribution in [0.3, 0.4) is 0 Å². The van der Waals surface area contributed by atoms with Crippen molar-refractivity contribution in [3.05, 3.63) is 48.4 Å². The van der Waals surface area contributed by atoms with Crippen molar-refractivity contribution in [1.29, 1.82) is 0 Å². The summed E-state index contributed by atoms with van der Waals surface area (Å²) in [5.74, 6) is 1.77. The fraction of sp³-hybridized carbons (Fsp3) is 0.481. The first-order valence-electron chi connectivity index (χ1n) is 12.8. The molecule has 0 spiro atoms. The molecule has 3 aromatic rings. The highest BCUT2D eigenvalue weighted by Gasteiger charge is 2.24. The Morgan fingerprint density at radius 2 is 1.72 bits per heavy atom. The van der Waals surface area contributed by atoms with Crippen molar-refractivity contribution in [1.82, 2.24) is 20.2 Å². The van der Waals surface area contributed by atoms with E-state index in [1.165, 1.54) is 44.2 Å². The normalized spacial score (nSPS) is 16.4. The Balaban J connectivity index is 0.000000674. The lowest BCUT2D eigenvalue weighted by atomic mass is 9.97. The molecule has 194 valence electrons. The summed E-state index contributed by atoms with van der Waals surface area (Å²) in [6, 6.07) is 10.3. The second-order valence-corrected chi connectivity index (χ2v) is 8.61. The summed E-state index contributed by atoms with van der Waals surface area (Å²) < 4.78 is 19.8. The zero-order valence-corrected chi connectivity index (χ0v) is 21.1. The number of H-pyrrole nitrogens is 1. The van der Waals surface area contributed by atoms with Gasteiger partial charge in [0.05, 0.1) is 12.2 Å². The summed E-state index contributed by atoms with van der Waals surface area (Å²) in [7, 11) is 0. The Morgan fingerprint density at radius 1 is 1.03 bits per heavy atom. The van der Waals surface area contributed by atoms with E-state index in [9.17, 15) is 4.39 Å². The first-order chi connectivity index (χ1) is 17.7. The lowest BCUT2D eigenvalue weighted by molar-refractivity contribution is -0.122. The van der Waals surface area contributed by atoms with Gasteiger partial charge in [-0.3, -0.25) is 9.89 Å². The van der Waals surface area contributed by atoms with E-state index in [2.05, 4.69) is 25.1 Å². The largest absolute Gasteiger partial charge is 0.483 e. The Labute approximate surface area is 211 Å². The first-order valence-corrected chi connectivity index (χ1v) is 12.8. The number of nitrogens with zero attached hydrogens (tertiary/aromatic N) is 4. The second kappa shape index (κ2) is 14.3. The molecule has 1 saturated carbocycles. The lowest BCUT2D eigenvalue weighted by Crippen LogP contribution is -2.39. The quantitative estimate of drug-likeness (QED) is 0.435. The van der Waals surface area contributed by atoms with Gasteiger partial charge in [-0.1, -0.05) is 45.2 Å². The van der Waals surface area contributed by atoms with E-state index < -0.39 is 0 Å². The summed E-state index contributed by atoms with van der Waals surface area (Å²) >= 11 is 0. The number of aromatic amines is 1. The summed E-state index contributed by atoms with van der Waals surface area (Å²) in [5, 5.41) is 14.0. The Bertz CT molecular complexity index is 1050. The van der Waals surface area contributed by atoms with Crippen LogP contribution in [0.15, 0.2) is 42.6 Å². The van der Waals surface area contributed by atoms with Gasteiger partial charge in [-0.25, -0.2) is 14.4 Å². The number of anilines is 1. The Kier molecular flexibility index (Phi) is 10.8. The number of carboxylic acid groups (broad SMARTS) is 1. The monoisotopic (exact) mass is 497 g/mol. The third-order valence-corrected chi connectivity index (χ3v) is 6.29. The SMILES string of the molecule is CC.Fc1cccc(-c2nc(-c3ccc(N4CCC(OC5CCCCC5)CC4)nc3)n[nH]2)c1.O=CO. The van der Waals surface area contributed by atoms with Crippen molar-refractivity contribution in [2.24, 2.45) is 0 Å². The van der Waals surface area contributed by atoms with Crippen LogP contribution in [0.1, 0.15) is 58.8 Å². The van der Waals surface area contributed by atoms with Gasteiger partial charge in [0.2, 0.25) is 0 Å². The van der Waals surface area contributed by atoms with Crippen LogP contribution in [0.4, 0.5) is 10.2 Å². The van der Waals surface area contributed by atoms with Gasteiger partial charge in [-0.05, 0) is 49.9 Å². The molecular weight excluding hydrogens is 461 g/mol. The van der Waals surface area contributed by atoms with Crippen LogP contribution in [-0.2, 0) is 9.53 Å². The van der Waals surface area contributed by atoms with Gasteiger partial charge in [0.15, 0.2) is 11.6 Å². The maximum Gasteiger partial charge on any atom is 0.290 e. The molecule has 0 unspecified atom stereocenters. The van der Waals surface area contributed by atoms with Crippen LogP contribution in [0.2, 0.25) is 0 Å². The molecule has 1 aliphatic heterocycles. The van der Waals surface area contributed by atoms with Crippen LogP contribution in [0.25, 0.3) is 22.8 Å². The summed E-state index contributed by atoms with van der Waals surface area (Å²) in [4.78, 5) is 19.8. The molecule has 5 rings (SSSR count). The van der Waals surface area contributed by atoms with E-state index in [1.54, 1.807) is 18.3 Å². The number of benzene rings is 1. The molecule has 36 heavy (non-hydrogen) atoms. The molecule has 1 saturated heterocycles. The molecule has 1 aromatic carbocycles. The highest BCUT2D eigenvalue weighted by molar-refractivity contribution is 5.61. The molecular formula is C27H36FN5O3. The highest BCUT2D eigenvalue weighted by atomic mass is 19.1. The number of halogens is 1. The van der Waals surface area contributed by atoms with Crippen molar-refractivity contribution in [2.75, 3.05) is 18.0 Å². The molecule has 3 heterocycles. The van der Waals surface area contributed by atoms with Crippen molar-refractivity contribution in [2.45, 2.75) is 71.0 Å². The smallest absolute Gasteiger partial charge is 0.290 e. The van der Waals surface area contributed by atoms with Crippen LogP contribution in [-0.4, -0.2) is 57.0 Å². The van der Waals surface area contributed by atoms with Gasteiger partial charge < -0.3 is 14.7 Å². The topological polar surface area (TPSA) is 104 Å². The molecule has 0 radical (unpaired) electrons. The van der Waals surface area contributed by atoms with E-state index in [-0.39, 0.29) is 12.3 Å². The third-order valence-electron chi connectivity index (χ3n) is 6.29. The van der Waals surface area contributed by atoms with Crippen LogP contribution in [0.5, 0.6) is 0 Å². The minimum atomic E-state index is -0.297. The number of hydrogen-bond acceptors (Lipinski definition) is 6. The zero-order valence-electron chi connectivity index (χ0n) is 21.1. The number of rotatable bonds is 5. The highest BCUT2D eigenvalue weighted by Crippen LogP contribution is 2.27. The van der Waals surface area contributed by atoms with Gasteiger partial charge in [-0.15, -0.1) is 0 Å². The zero-order chi connectivity index (χ0) is 25.8. The molecule has 0 amide bonds. The minimum Gasteiger partial charge on any atom is -0.483 e. The van der Waals surface area contributed by atoms with Gasteiger partial charge >= 0.3 is 0 Å². The van der Waals surface area contributed by atoms with Gasteiger partial charge in [0.1, 0.15) is 11.6 Å². The molecule has 2 N–H and O–H groups in total. The van der Waals surface area contributed by atoms with Crippen molar-refractivity contribution in [3.63, 3.8) is 0 Å². The van der Waals surface area contributed by atoms with E-state index in [4.69, 9.17) is 14.6 Å². The van der Waals surface area contributed by atoms with Crippen molar-refractivity contribution in [3.8, 4) is 22.8 Å². The first kappa shape index (κ1) is 27.3. The molecule has 0 atom stereocenters. The number of ether oxygens (including phenoxy) is 1. The van der Waals surface area contributed by atoms with E-state index in [0.717, 1.165) is 37.3 Å². The predicted molar refractivity (Wildman–Crippen MR) is 138 cm³/mol. The van der Waals surface area contributed by atoms with E-state index >= 15 is 0 Å². The predicted octanol–water partition coefficient (Wildman–Crippen LogP) is 5.72. The number of aromatic nitrogens is 4. The molecule has 2 aromatic heterocycles. The molecule has 8 nitrogen and oxygen atoms in total. The Hall–Kier alpha value is -3.33. The fourth-order valence-corrected chi connectivity index (χ4v) is 4.56. The summed E-state index contributed by atoms with van der Waals surface area (Å²) in [6.07, 6.45) is 11.2. The van der Waals surface area contributed by atoms with Gasteiger partial charge in [-0.2, -0.15) is 5.10 Å². The number of hydrogen-bond donors (Lipinski definition) is 2. The van der Waals surface area contributed by atoms with Crippen LogP contribution >= 0.6 is 0 Å². The number of carbonyl (C=O) groups is 1. The van der Waals surface area contributed by atoms with Crippen LogP contribution < -0.4 is 4.90 Å². The molecule has 1 aliphatic carbocycles. The second-order valence-electron chi connectivity index (χ2n) is 8.61. The summed E-state index contributed by atoms with van der Waals surface area (Å²) in [5.41, 5.74) is 1.50. The number of piperidine rings is 1. The van der Waals surface area contributed by atoms with E-state index in [1.807, 2.05) is 26.0 Å². The lowest BCUT2D eigenvalue weighted by Gasteiger charge is -2.35. The Morgan fingerprint density at radius 3 is 2.36 bits per heavy atom. The molecule has 9 heteroatoms. The average molecular weight is 498 g/mol. The van der Waals surface area contributed by atoms with E-state index in [0.29, 0.717) is 29.4 Å². The maximum absolute atomic E-state index is 13.5. The standard InChI is InChI=1S/C24H28FN5O.C2H6.CH2O2/c25-19-6-4-5-17(15-19)23-27-24(29-28-23)18-9-10-22(26-16-18)30-13-11-21(12-14-30)31-20-7-2-1-3-8-20;1-2;2-1-3/h4-6,9-10,15-16,20-21H,1-3,7-8,11-14H2,(H,27,28,29);1-2H3;1H,(H,2,3). The fourth-order valence-electron chi connectivity index (χ4n) is 4.56. The van der Waals surface area contributed by atoms with Gasteiger partial charge in [0, 0.05) is 30.4 Å². The number of pyridine rings is 1. The molecule has 0 bridgehead atoms. The molecule has 2 fully saturated rings. The average Bonchev–Trinajstić information content (AvgIpc) is 3.42. The van der Waals surface area contributed by atoms with Crippen molar-refractivity contribution < 1.29 is 19.0 Å². The van der Waals surface area contributed by atoms with Gasteiger partial charge in [0.25, 0.3) is 6.47 Å². The number of nitrogens with one attached hydrogen (secondary N) is 1. The van der Waals surface area contributed by atoms with Crippen molar-refractivity contribution >= 4 is 12.3 Å². The summed E-state index contributed by atoms with van der Waals surface area (Å²) in [6.45, 7) is 5.68. The molecule has 2 aliphatic rings. The maximum atomic E-state index is 13.5. The third kappa shape index (κ3) is 7.58.